The molecule has 5 heteroatoms. The minimum Gasteiger partial charge on any atom is -0.316 e. The van der Waals surface area contributed by atoms with E-state index in [4.69, 9.17) is 0 Å². The molecule has 12 heavy (non-hydrogen) atoms. The molecule has 0 saturated carbocycles. The first-order chi connectivity index (χ1) is 5.58. The van der Waals surface area contributed by atoms with Crippen LogP contribution in [0.15, 0.2) is 0 Å². The maximum atomic E-state index is 11.7. The summed E-state index contributed by atoms with van der Waals surface area (Å²) in [6.45, 7) is 1.67. The zero-order chi connectivity index (χ0) is 9.03. The molecular formula is C7H13F3N2. The third-order valence-electron chi connectivity index (χ3n) is 1.99. The predicted molar refractivity (Wildman–Crippen MR) is 39.7 cm³/mol. The number of alkyl halides is 3. The van der Waals surface area contributed by atoms with Crippen molar-refractivity contribution in [2.45, 2.75) is 19.1 Å². The molecule has 1 rings (SSSR count). The van der Waals surface area contributed by atoms with Gasteiger partial charge in [0.15, 0.2) is 0 Å². The normalized spacial score (nSPS) is 25.8. The fraction of sp³-hybridized carbons (Fsp3) is 1.00. The van der Waals surface area contributed by atoms with E-state index in [1.165, 1.54) is 0 Å². The summed E-state index contributed by atoms with van der Waals surface area (Å²) in [4.78, 5) is 0. The van der Waals surface area contributed by atoms with Gasteiger partial charge in [-0.3, -0.25) is 0 Å². The molecule has 0 aliphatic carbocycles. The summed E-state index contributed by atoms with van der Waals surface area (Å²) in [5.41, 5.74) is 0. The highest BCUT2D eigenvalue weighted by molar-refractivity contribution is 4.71. The van der Waals surface area contributed by atoms with E-state index >= 15 is 0 Å². The van der Waals surface area contributed by atoms with Crippen LogP contribution in [0.4, 0.5) is 13.2 Å². The Bertz CT molecular complexity index is 129. The van der Waals surface area contributed by atoms with Crippen LogP contribution in [0.1, 0.15) is 12.8 Å². The van der Waals surface area contributed by atoms with E-state index in [1.807, 2.05) is 0 Å². The minimum absolute atomic E-state index is 0.0382. The molecule has 0 unspecified atom stereocenters. The van der Waals surface area contributed by atoms with Crippen LogP contribution < -0.4 is 10.6 Å². The molecule has 1 aliphatic heterocycles. The zero-order valence-electron chi connectivity index (χ0n) is 6.75. The topological polar surface area (TPSA) is 24.1 Å². The van der Waals surface area contributed by atoms with Crippen molar-refractivity contribution in [3.63, 3.8) is 0 Å². The van der Waals surface area contributed by atoms with Crippen LogP contribution in [-0.2, 0) is 0 Å². The molecule has 0 aromatic carbocycles. The molecule has 0 aromatic heterocycles. The Hall–Kier alpha value is -0.290. The third kappa shape index (κ3) is 3.92. The van der Waals surface area contributed by atoms with Crippen LogP contribution in [0, 0.1) is 5.92 Å². The summed E-state index contributed by atoms with van der Waals surface area (Å²) in [6, 6.07) is 0. The van der Waals surface area contributed by atoms with E-state index in [0.717, 1.165) is 19.4 Å². The Kier molecular flexibility index (Phi) is 3.34. The highest BCUT2D eigenvalue weighted by Gasteiger charge is 2.27. The molecule has 72 valence electrons. The van der Waals surface area contributed by atoms with E-state index < -0.39 is 6.30 Å². The van der Waals surface area contributed by atoms with Crippen molar-refractivity contribution >= 4 is 0 Å². The summed E-state index contributed by atoms with van der Waals surface area (Å²) < 4.78 is 35.0. The third-order valence-corrected chi connectivity index (χ3v) is 1.99. The van der Waals surface area contributed by atoms with Gasteiger partial charge in [-0.25, -0.2) is 5.32 Å². The lowest BCUT2D eigenvalue weighted by atomic mass is 10.00. The maximum absolute atomic E-state index is 11.7. The summed E-state index contributed by atoms with van der Waals surface area (Å²) >= 11 is 0. The largest absolute Gasteiger partial charge is 0.457 e. The van der Waals surface area contributed by atoms with Gasteiger partial charge >= 0.3 is 6.30 Å². The molecule has 1 aliphatic rings. The first kappa shape index (κ1) is 9.80. The lowest BCUT2D eigenvalue weighted by Crippen LogP contribution is -2.41. The molecular weight excluding hydrogens is 169 g/mol. The number of hydrogen-bond donors (Lipinski definition) is 2. The van der Waals surface area contributed by atoms with Crippen molar-refractivity contribution in [1.29, 1.82) is 0 Å². The van der Waals surface area contributed by atoms with E-state index in [9.17, 15) is 13.2 Å². The summed E-state index contributed by atoms with van der Waals surface area (Å²) in [5, 5.41) is 4.62. The van der Waals surface area contributed by atoms with Gasteiger partial charge in [-0.2, -0.15) is 13.2 Å². The van der Waals surface area contributed by atoms with Gasteiger partial charge in [0.2, 0.25) is 0 Å². The Labute approximate surface area is 69.5 Å². The number of nitrogens with one attached hydrogen (secondary N) is 2. The van der Waals surface area contributed by atoms with Gasteiger partial charge in [0, 0.05) is 6.54 Å². The van der Waals surface area contributed by atoms with Gasteiger partial charge in [0.25, 0.3) is 0 Å². The molecule has 1 fully saturated rings. The minimum atomic E-state index is -4.22. The van der Waals surface area contributed by atoms with Crippen LogP contribution in [0.2, 0.25) is 0 Å². The molecule has 0 spiro atoms. The lowest BCUT2D eigenvalue weighted by molar-refractivity contribution is -0.158. The maximum Gasteiger partial charge on any atom is 0.457 e. The Morgan fingerprint density at radius 3 is 2.67 bits per heavy atom. The van der Waals surface area contributed by atoms with Crippen molar-refractivity contribution in [2.75, 3.05) is 19.6 Å². The van der Waals surface area contributed by atoms with Crippen LogP contribution >= 0.6 is 0 Å². The highest BCUT2D eigenvalue weighted by Crippen LogP contribution is 2.13. The van der Waals surface area contributed by atoms with E-state index in [-0.39, 0.29) is 12.5 Å². The number of halogens is 3. The Morgan fingerprint density at radius 2 is 2.17 bits per heavy atom. The molecule has 0 radical (unpaired) electrons. The number of rotatable bonds is 2. The van der Waals surface area contributed by atoms with Gasteiger partial charge in [0.05, 0.1) is 0 Å². The quantitative estimate of drug-likeness (QED) is 0.625. The van der Waals surface area contributed by atoms with Crippen molar-refractivity contribution in [1.82, 2.24) is 10.6 Å². The lowest BCUT2D eigenvalue weighted by Gasteiger charge is -2.23. The molecule has 1 heterocycles. The first-order valence-electron chi connectivity index (χ1n) is 4.10. The Balaban J connectivity index is 2.13. The van der Waals surface area contributed by atoms with Gasteiger partial charge in [-0.05, 0) is 31.8 Å². The van der Waals surface area contributed by atoms with Gasteiger partial charge in [-0.1, -0.05) is 0 Å². The summed E-state index contributed by atoms with van der Waals surface area (Å²) in [6.07, 6.45) is -2.36. The predicted octanol–water partition coefficient (Wildman–Crippen LogP) is 1.10. The second-order valence-corrected chi connectivity index (χ2v) is 3.09. The summed E-state index contributed by atoms with van der Waals surface area (Å²) in [7, 11) is 0. The van der Waals surface area contributed by atoms with E-state index in [1.54, 1.807) is 5.32 Å². The SMILES string of the molecule is FC(F)(F)NC[C@@H]1CCCNC1. The molecule has 0 aromatic rings. The van der Waals surface area contributed by atoms with Gasteiger partial charge < -0.3 is 5.32 Å². The summed E-state index contributed by atoms with van der Waals surface area (Å²) in [5.74, 6) is 0.125. The molecule has 2 nitrogen and oxygen atoms in total. The zero-order valence-corrected chi connectivity index (χ0v) is 6.75. The van der Waals surface area contributed by atoms with Gasteiger partial charge in [0.1, 0.15) is 0 Å². The average molecular weight is 182 g/mol. The fourth-order valence-corrected chi connectivity index (χ4v) is 1.36. The smallest absolute Gasteiger partial charge is 0.316 e. The Morgan fingerprint density at radius 1 is 1.42 bits per heavy atom. The monoisotopic (exact) mass is 182 g/mol. The van der Waals surface area contributed by atoms with Crippen molar-refractivity contribution in [2.24, 2.45) is 5.92 Å². The van der Waals surface area contributed by atoms with Crippen molar-refractivity contribution in [3.05, 3.63) is 0 Å². The fourth-order valence-electron chi connectivity index (χ4n) is 1.36. The molecule has 2 N–H and O–H groups in total. The average Bonchev–Trinajstić information content (AvgIpc) is 2.02. The second-order valence-electron chi connectivity index (χ2n) is 3.09. The van der Waals surface area contributed by atoms with Crippen molar-refractivity contribution in [3.8, 4) is 0 Å². The molecule has 1 saturated heterocycles. The number of piperidine rings is 1. The first-order valence-corrected chi connectivity index (χ1v) is 4.10. The second kappa shape index (κ2) is 4.09. The van der Waals surface area contributed by atoms with E-state index in [0.29, 0.717) is 6.54 Å². The van der Waals surface area contributed by atoms with Crippen LogP contribution in [0.5, 0.6) is 0 Å². The highest BCUT2D eigenvalue weighted by atomic mass is 19.4. The van der Waals surface area contributed by atoms with E-state index in [2.05, 4.69) is 5.32 Å². The molecule has 0 bridgehead atoms. The molecule has 1 atom stereocenters. The number of hydrogen-bond acceptors (Lipinski definition) is 2. The molecule has 0 amide bonds. The van der Waals surface area contributed by atoms with Crippen molar-refractivity contribution < 1.29 is 13.2 Å². The van der Waals surface area contributed by atoms with Crippen LogP contribution in [0.25, 0.3) is 0 Å². The van der Waals surface area contributed by atoms with Crippen LogP contribution in [-0.4, -0.2) is 25.9 Å². The standard InChI is InChI=1S/C7H13F3N2/c8-7(9,10)12-5-6-2-1-3-11-4-6/h6,11-12H,1-5H2/t6-/m1/s1. The van der Waals surface area contributed by atoms with Crippen LogP contribution in [0.3, 0.4) is 0 Å². The van der Waals surface area contributed by atoms with Gasteiger partial charge in [-0.15, -0.1) is 0 Å².